The van der Waals surface area contributed by atoms with Crippen molar-refractivity contribution in [1.82, 2.24) is 4.98 Å². The number of aromatic amines is 1. The van der Waals surface area contributed by atoms with Gasteiger partial charge < -0.3 is 19.7 Å². The molecule has 0 aliphatic carbocycles. The van der Waals surface area contributed by atoms with Gasteiger partial charge >= 0.3 is 11.9 Å². The number of aromatic nitrogens is 2. The van der Waals surface area contributed by atoms with Crippen molar-refractivity contribution in [2.45, 2.75) is 33.8 Å². The number of ether oxygens (including phenoxy) is 2. The predicted molar refractivity (Wildman–Crippen MR) is 90.8 cm³/mol. The fourth-order valence-electron chi connectivity index (χ4n) is 2.54. The normalized spacial score (nSPS) is 11.7. The quantitative estimate of drug-likeness (QED) is 0.364. The summed E-state index contributed by atoms with van der Waals surface area (Å²) in [6.45, 7) is 6.65. The average molecular weight is 360 g/mol. The number of aryl methyl sites for hydroxylation is 1. The molecule has 2 aromatic rings. The minimum atomic E-state index is -1.08. The van der Waals surface area contributed by atoms with Crippen LogP contribution in [0.25, 0.3) is 0 Å². The Bertz CT molecular complexity index is 838. The molecule has 2 rings (SSSR count). The number of H-pyrrole nitrogens is 1. The first kappa shape index (κ1) is 19.2. The Hall–Kier alpha value is -3.16. The SMILES string of the molecule is CCOC(=O)c1c(C)[nH]c(C(=O)[C@H](C)OC(=O)c2cc[n+]([O-])cc2)c1C. The van der Waals surface area contributed by atoms with Crippen LogP contribution in [0.15, 0.2) is 24.5 Å². The van der Waals surface area contributed by atoms with Gasteiger partial charge in [-0.05, 0) is 33.3 Å². The summed E-state index contributed by atoms with van der Waals surface area (Å²) in [7, 11) is 0. The van der Waals surface area contributed by atoms with Crippen LogP contribution in [0.1, 0.15) is 56.3 Å². The first-order valence-corrected chi connectivity index (χ1v) is 8.06. The second kappa shape index (κ2) is 7.81. The van der Waals surface area contributed by atoms with Crippen LogP contribution >= 0.6 is 0 Å². The standard InChI is InChI=1S/C18H20N2O6/c1-5-25-18(23)14-10(2)15(19-11(14)3)16(21)12(4)26-17(22)13-6-8-20(24)9-7-13/h6-9,12,19H,5H2,1-4H3/t12-/m0/s1. The molecule has 0 amide bonds. The lowest BCUT2D eigenvalue weighted by atomic mass is 10.1. The van der Waals surface area contributed by atoms with Crippen LogP contribution < -0.4 is 4.73 Å². The summed E-state index contributed by atoms with van der Waals surface area (Å²) >= 11 is 0. The van der Waals surface area contributed by atoms with Gasteiger partial charge in [0, 0.05) is 17.8 Å². The number of Topliss-reactive ketones (excluding diaryl/α,β-unsaturated/α-hetero) is 1. The van der Waals surface area contributed by atoms with E-state index in [-0.39, 0.29) is 17.9 Å². The van der Waals surface area contributed by atoms with Gasteiger partial charge in [-0.3, -0.25) is 4.79 Å². The number of ketones is 1. The maximum Gasteiger partial charge on any atom is 0.340 e. The summed E-state index contributed by atoms with van der Waals surface area (Å²) in [5.41, 5.74) is 1.60. The summed E-state index contributed by atoms with van der Waals surface area (Å²) in [4.78, 5) is 39.6. The van der Waals surface area contributed by atoms with Crippen LogP contribution in [-0.4, -0.2) is 35.4 Å². The molecule has 1 atom stereocenters. The summed E-state index contributed by atoms with van der Waals surface area (Å²) < 4.78 is 10.7. The molecule has 2 heterocycles. The molecule has 1 N–H and O–H groups in total. The number of hydrogen-bond donors (Lipinski definition) is 1. The molecule has 0 aliphatic rings. The van der Waals surface area contributed by atoms with Crippen LogP contribution in [0.2, 0.25) is 0 Å². The van der Waals surface area contributed by atoms with Crippen molar-refractivity contribution in [3.05, 3.63) is 57.8 Å². The number of carbonyl (C=O) groups excluding carboxylic acids is 3. The average Bonchev–Trinajstić information content (AvgIpc) is 2.89. The first-order valence-electron chi connectivity index (χ1n) is 8.06. The Morgan fingerprint density at radius 3 is 2.38 bits per heavy atom. The Kier molecular flexibility index (Phi) is 5.76. The lowest BCUT2D eigenvalue weighted by Gasteiger charge is -2.12. The first-order chi connectivity index (χ1) is 12.3. The second-order valence-corrected chi connectivity index (χ2v) is 5.70. The van der Waals surface area contributed by atoms with Gasteiger partial charge in [0.1, 0.15) is 0 Å². The number of nitrogens with one attached hydrogen (secondary N) is 1. The van der Waals surface area contributed by atoms with E-state index in [0.717, 1.165) is 12.4 Å². The Labute approximate surface area is 150 Å². The second-order valence-electron chi connectivity index (χ2n) is 5.70. The molecule has 26 heavy (non-hydrogen) atoms. The molecule has 0 aliphatic heterocycles. The third-order valence-electron chi connectivity index (χ3n) is 3.85. The van der Waals surface area contributed by atoms with Crippen molar-refractivity contribution in [1.29, 1.82) is 0 Å². The number of pyridine rings is 1. The zero-order chi connectivity index (χ0) is 19.4. The van der Waals surface area contributed by atoms with E-state index in [1.165, 1.54) is 19.1 Å². The van der Waals surface area contributed by atoms with Gasteiger partial charge in [-0.2, -0.15) is 4.73 Å². The highest BCUT2D eigenvalue weighted by Crippen LogP contribution is 2.21. The summed E-state index contributed by atoms with van der Waals surface area (Å²) in [6, 6.07) is 2.60. The van der Waals surface area contributed by atoms with E-state index < -0.39 is 23.8 Å². The van der Waals surface area contributed by atoms with Crippen LogP contribution in [0, 0.1) is 19.1 Å². The van der Waals surface area contributed by atoms with Gasteiger partial charge in [-0.1, -0.05) is 0 Å². The largest absolute Gasteiger partial charge is 0.619 e. The molecular weight excluding hydrogens is 340 g/mol. The highest BCUT2D eigenvalue weighted by molar-refractivity contribution is 6.04. The van der Waals surface area contributed by atoms with Crippen LogP contribution in [0.5, 0.6) is 0 Å². The molecule has 0 fully saturated rings. The minimum absolute atomic E-state index is 0.156. The van der Waals surface area contributed by atoms with Crippen molar-refractivity contribution < 1.29 is 28.6 Å². The maximum absolute atomic E-state index is 12.6. The smallest absolute Gasteiger partial charge is 0.340 e. The molecule has 0 bridgehead atoms. The highest BCUT2D eigenvalue weighted by atomic mass is 16.5. The highest BCUT2D eigenvalue weighted by Gasteiger charge is 2.27. The molecule has 138 valence electrons. The fraction of sp³-hybridized carbons (Fsp3) is 0.333. The molecule has 2 aromatic heterocycles. The summed E-state index contributed by atoms with van der Waals surface area (Å²) in [5, 5.41) is 11.0. The predicted octanol–water partition coefficient (Wildman–Crippen LogP) is 1.87. The van der Waals surface area contributed by atoms with Crippen LogP contribution in [0.4, 0.5) is 0 Å². The number of nitrogens with zero attached hydrogens (tertiary/aromatic N) is 1. The number of rotatable bonds is 6. The van der Waals surface area contributed by atoms with Gasteiger partial charge in [-0.15, -0.1) is 0 Å². The van der Waals surface area contributed by atoms with E-state index in [1.54, 1.807) is 20.8 Å². The third-order valence-corrected chi connectivity index (χ3v) is 3.85. The van der Waals surface area contributed by atoms with E-state index in [4.69, 9.17) is 9.47 Å². The van der Waals surface area contributed by atoms with Crippen LogP contribution in [0.3, 0.4) is 0 Å². The molecular formula is C18H20N2O6. The molecule has 8 nitrogen and oxygen atoms in total. The Balaban J connectivity index is 2.18. The van der Waals surface area contributed by atoms with Crippen molar-refractivity contribution in [3.63, 3.8) is 0 Å². The third kappa shape index (κ3) is 3.90. The maximum atomic E-state index is 12.6. The molecule has 0 unspecified atom stereocenters. The molecule has 0 spiro atoms. The molecule has 0 saturated carbocycles. The Morgan fingerprint density at radius 1 is 1.19 bits per heavy atom. The monoisotopic (exact) mass is 360 g/mol. The summed E-state index contributed by atoms with van der Waals surface area (Å²) in [6.07, 6.45) is 1.24. The molecule has 0 saturated heterocycles. The van der Waals surface area contributed by atoms with E-state index >= 15 is 0 Å². The lowest BCUT2D eigenvalue weighted by Crippen LogP contribution is -2.27. The van der Waals surface area contributed by atoms with Crippen molar-refractivity contribution >= 4 is 17.7 Å². The van der Waals surface area contributed by atoms with Gasteiger partial charge in [-0.25, -0.2) is 9.59 Å². The van der Waals surface area contributed by atoms with Crippen molar-refractivity contribution in [2.24, 2.45) is 0 Å². The van der Waals surface area contributed by atoms with E-state index in [0.29, 0.717) is 21.6 Å². The molecule has 0 aromatic carbocycles. The van der Waals surface area contributed by atoms with E-state index in [9.17, 15) is 19.6 Å². The number of esters is 2. The van der Waals surface area contributed by atoms with Gasteiger partial charge in [0.05, 0.1) is 23.4 Å². The summed E-state index contributed by atoms with van der Waals surface area (Å²) in [5.74, 6) is -1.71. The fourth-order valence-corrected chi connectivity index (χ4v) is 2.54. The van der Waals surface area contributed by atoms with Crippen molar-refractivity contribution in [2.75, 3.05) is 6.61 Å². The zero-order valence-corrected chi connectivity index (χ0v) is 15.0. The Morgan fingerprint density at radius 2 is 1.81 bits per heavy atom. The van der Waals surface area contributed by atoms with E-state index in [1.807, 2.05) is 0 Å². The minimum Gasteiger partial charge on any atom is -0.619 e. The van der Waals surface area contributed by atoms with Crippen molar-refractivity contribution in [3.8, 4) is 0 Å². The zero-order valence-electron chi connectivity index (χ0n) is 15.0. The number of hydrogen-bond acceptors (Lipinski definition) is 6. The van der Waals surface area contributed by atoms with Gasteiger partial charge in [0.25, 0.3) is 0 Å². The van der Waals surface area contributed by atoms with Gasteiger partial charge in [0.15, 0.2) is 18.5 Å². The van der Waals surface area contributed by atoms with Crippen LogP contribution in [-0.2, 0) is 9.47 Å². The topological polar surface area (TPSA) is 112 Å². The number of carbonyl (C=O) groups is 3. The molecule has 0 radical (unpaired) electrons. The lowest BCUT2D eigenvalue weighted by molar-refractivity contribution is -0.605. The van der Waals surface area contributed by atoms with Gasteiger partial charge in [0.2, 0.25) is 5.78 Å². The molecule has 8 heteroatoms. The van der Waals surface area contributed by atoms with E-state index in [2.05, 4.69) is 4.98 Å².